The van der Waals surface area contributed by atoms with Crippen LogP contribution in [0.5, 0.6) is 0 Å². The van der Waals surface area contributed by atoms with E-state index in [4.69, 9.17) is 0 Å². The molecule has 0 saturated carbocycles. The first-order valence-corrected chi connectivity index (χ1v) is 8.86. The van der Waals surface area contributed by atoms with Crippen LogP contribution >= 0.6 is 11.8 Å². The second-order valence-corrected chi connectivity index (χ2v) is 6.69. The van der Waals surface area contributed by atoms with Gasteiger partial charge in [0.05, 0.1) is 0 Å². The highest BCUT2D eigenvalue weighted by Gasteiger charge is 2.09. The SMILES string of the molecule is CCN(C)CCN(C)CCC(CSc1ccccc1)NC. The smallest absolute Gasteiger partial charge is 0.0170 e. The van der Waals surface area contributed by atoms with Crippen molar-refractivity contribution < 1.29 is 0 Å². The predicted molar refractivity (Wildman–Crippen MR) is 95.3 cm³/mol. The Morgan fingerprint density at radius 1 is 1.05 bits per heavy atom. The monoisotopic (exact) mass is 309 g/mol. The van der Waals surface area contributed by atoms with Crippen molar-refractivity contribution in [2.24, 2.45) is 0 Å². The van der Waals surface area contributed by atoms with Gasteiger partial charge in [0, 0.05) is 29.8 Å². The summed E-state index contributed by atoms with van der Waals surface area (Å²) >= 11 is 1.94. The van der Waals surface area contributed by atoms with Crippen LogP contribution < -0.4 is 5.32 Å². The van der Waals surface area contributed by atoms with E-state index in [1.165, 1.54) is 11.3 Å². The normalized spacial score (nSPS) is 13.0. The van der Waals surface area contributed by atoms with Gasteiger partial charge in [-0.25, -0.2) is 0 Å². The van der Waals surface area contributed by atoms with Crippen molar-refractivity contribution in [1.29, 1.82) is 0 Å². The lowest BCUT2D eigenvalue weighted by atomic mass is 10.2. The highest BCUT2D eigenvalue weighted by Crippen LogP contribution is 2.18. The van der Waals surface area contributed by atoms with Gasteiger partial charge in [-0.2, -0.15) is 0 Å². The number of benzene rings is 1. The fourth-order valence-electron chi connectivity index (χ4n) is 2.01. The summed E-state index contributed by atoms with van der Waals surface area (Å²) in [5, 5.41) is 3.45. The first-order chi connectivity index (χ1) is 10.2. The zero-order valence-electron chi connectivity index (χ0n) is 14.0. The first-order valence-electron chi connectivity index (χ1n) is 7.88. The third-order valence-electron chi connectivity index (χ3n) is 3.87. The van der Waals surface area contributed by atoms with Gasteiger partial charge in [0.25, 0.3) is 0 Å². The third kappa shape index (κ3) is 8.47. The number of nitrogens with one attached hydrogen (secondary N) is 1. The average Bonchev–Trinajstić information content (AvgIpc) is 2.53. The average molecular weight is 310 g/mol. The molecule has 21 heavy (non-hydrogen) atoms. The Labute approximate surface area is 135 Å². The van der Waals surface area contributed by atoms with Gasteiger partial charge in [-0.05, 0) is 52.8 Å². The van der Waals surface area contributed by atoms with Crippen molar-refractivity contribution in [3.05, 3.63) is 30.3 Å². The summed E-state index contributed by atoms with van der Waals surface area (Å²) in [6, 6.07) is 11.2. The Balaban J connectivity index is 2.21. The summed E-state index contributed by atoms with van der Waals surface area (Å²) in [4.78, 5) is 6.15. The molecule has 0 fully saturated rings. The molecule has 1 aromatic carbocycles. The van der Waals surface area contributed by atoms with E-state index in [1.54, 1.807) is 0 Å². The van der Waals surface area contributed by atoms with E-state index >= 15 is 0 Å². The molecule has 0 aliphatic heterocycles. The number of hydrogen-bond donors (Lipinski definition) is 1. The second kappa shape index (κ2) is 11.1. The molecule has 0 amide bonds. The Kier molecular flexibility index (Phi) is 9.76. The number of nitrogens with zero attached hydrogens (tertiary/aromatic N) is 2. The minimum absolute atomic E-state index is 0.571. The van der Waals surface area contributed by atoms with Gasteiger partial charge >= 0.3 is 0 Å². The van der Waals surface area contributed by atoms with E-state index < -0.39 is 0 Å². The van der Waals surface area contributed by atoms with Crippen LogP contribution in [0.15, 0.2) is 35.2 Å². The topological polar surface area (TPSA) is 18.5 Å². The quantitative estimate of drug-likeness (QED) is 0.633. The molecule has 120 valence electrons. The van der Waals surface area contributed by atoms with E-state index in [9.17, 15) is 0 Å². The van der Waals surface area contributed by atoms with Crippen LogP contribution in [0.3, 0.4) is 0 Å². The summed E-state index contributed by atoms with van der Waals surface area (Å²) in [7, 11) is 6.47. The molecular weight excluding hydrogens is 278 g/mol. The molecule has 1 N–H and O–H groups in total. The molecule has 0 aromatic heterocycles. The van der Waals surface area contributed by atoms with Crippen LogP contribution in [0.2, 0.25) is 0 Å². The molecule has 3 nitrogen and oxygen atoms in total. The van der Waals surface area contributed by atoms with Gasteiger partial charge < -0.3 is 15.1 Å². The fraction of sp³-hybridized carbons (Fsp3) is 0.647. The van der Waals surface area contributed by atoms with Crippen LogP contribution in [0.1, 0.15) is 13.3 Å². The summed E-state index contributed by atoms with van der Waals surface area (Å²) in [6.07, 6.45) is 1.20. The van der Waals surface area contributed by atoms with Crippen molar-refractivity contribution in [3.8, 4) is 0 Å². The highest BCUT2D eigenvalue weighted by molar-refractivity contribution is 7.99. The van der Waals surface area contributed by atoms with Crippen LogP contribution in [-0.2, 0) is 0 Å². The summed E-state index contributed by atoms with van der Waals surface area (Å²) in [5.74, 6) is 1.13. The van der Waals surface area contributed by atoms with Crippen LogP contribution in [-0.4, -0.2) is 68.9 Å². The predicted octanol–water partition coefficient (Wildman–Crippen LogP) is 2.64. The molecule has 1 unspecified atom stereocenters. The zero-order chi connectivity index (χ0) is 15.5. The molecule has 0 bridgehead atoms. The molecule has 0 aliphatic carbocycles. The molecular formula is C17H31N3S. The standard InChI is InChI=1S/C17H31N3S/c1-5-19(3)13-14-20(4)12-11-16(18-2)15-21-17-9-7-6-8-10-17/h6-10,16,18H,5,11-15H2,1-4H3. The van der Waals surface area contributed by atoms with E-state index in [1.807, 2.05) is 11.8 Å². The Morgan fingerprint density at radius 3 is 2.33 bits per heavy atom. The summed E-state index contributed by atoms with van der Waals surface area (Å²) in [5.41, 5.74) is 0. The fourth-order valence-corrected chi connectivity index (χ4v) is 3.09. The van der Waals surface area contributed by atoms with E-state index in [2.05, 4.69) is 73.5 Å². The van der Waals surface area contributed by atoms with Crippen molar-refractivity contribution in [1.82, 2.24) is 15.1 Å². The van der Waals surface area contributed by atoms with E-state index in [-0.39, 0.29) is 0 Å². The molecule has 1 atom stereocenters. The van der Waals surface area contributed by atoms with Crippen molar-refractivity contribution in [2.75, 3.05) is 53.1 Å². The van der Waals surface area contributed by atoms with E-state index in [0.717, 1.165) is 31.9 Å². The maximum absolute atomic E-state index is 3.45. The Morgan fingerprint density at radius 2 is 1.71 bits per heavy atom. The highest BCUT2D eigenvalue weighted by atomic mass is 32.2. The van der Waals surface area contributed by atoms with Gasteiger partial charge in [0.1, 0.15) is 0 Å². The molecule has 4 heteroatoms. The summed E-state index contributed by atoms with van der Waals surface area (Å²) in [6.45, 7) is 6.78. The number of likely N-dealkylation sites (N-methyl/N-ethyl adjacent to an activating group) is 2. The number of rotatable bonds is 11. The lowest BCUT2D eigenvalue weighted by molar-refractivity contribution is 0.256. The van der Waals surface area contributed by atoms with E-state index in [0.29, 0.717) is 6.04 Å². The van der Waals surface area contributed by atoms with Crippen molar-refractivity contribution in [3.63, 3.8) is 0 Å². The largest absolute Gasteiger partial charge is 0.316 e. The third-order valence-corrected chi connectivity index (χ3v) is 5.04. The Hall–Kier alpha value is -0.550. The maximum Gasteiger partial charge on any atom is 0.0170 e. The second-order valence-electron chi connectivity index (χ2n) is 5.60. The van der Waals surface area contributed by atoms with Gasteiger partial charge in [0.2, 0.25) is 0 Å². The molecule has 0 spiro atoms. The van der Waals surface area contributed by atoms with Gasteiger partial charge in [0.15, 0.2) is 0 Å². The minimum Gasteiger partial charge on any atom is -0.316 e. The maximum atomic E-state index is 3.45. The van der Waals surface area contributed by atoms with Crippen LogP contribution in [0.4, 0.5) is 0 Å². The molecule has 0 heterocycles. The lowest BCUT2D eigenvalue weighted by Crippen LogP contribution is -2.35. The summed E-state index contributed by atoms with van der Waals surface area (Å²) < 4.78 is 0. The van der Waals surface area contributed by atoms with Gasteiger partial charge in [-0.1, -0.05) is 25.1 Å². The molecule has 1 rings (SSSR count). The Bertz CT molecular complexity index is 358. The van der Waals surface area contributed by atoms with Crippen molar-refractivity contribution in [2.45, 2.75) is 24.3 Å². The molecule has 0 aliphatic rings. The molecule has 0 radical (unpaired) electrons. The zero-order valence-corrected chi connectivity index (χ0v) is 14.8. The molecule has 0 saturated heterocycles. The minimum atomic E-state index is 0.571. The molecule has 1 aromatic rings. The van der Waals surface area contributed by atoms with Crippen molar-refractivity contribution >= 4 is 11.8 Å². The number of thioether (sulfide) groups is 1. The first kappa shape index (κ1) is 18.5. The van der Waals surface area contributed by atoms with Crippen LogP contribution in [0, 0.1) is 0 Å². The van der Waals surface area contributed by atoms with Crippen LogP contribution in [0.25, 0.3) is 0 Å². The number of hydrogen-bond acceptors (Lipinski definition) is 4. The lowest BCUT2D eigenvalue weighted by Gasteiger charge is -2.23. The van der Waals surface area contributed by atoms with Gasteiger partial charge in [-0.3, -0.25) is 0 Å². The van der Waals surface area contributed by atoms with Gasteiger partial charge in [-0.15, -0.1) is 11.8 Å².